The fraction of sp³-hybridized carbons (Fsp3) is 0.0606. The van der Waals surface area contributed by atoms with E-state index in [1.165, 1.54) is 18.2 Å². The van der Waals surface area contributed by atoms with E-state index < -0.39 is 125 Å². The summed E-state index contributed by atoms with van der Waals surface area (Å²) in [6.45, 7) is 0.565. The molecule has 18 heteroatoms. The number of hydrogen-bond acceptors (Lipinski definition) is 7. The summed E-state index contributed by atoms with van der Waals surface area (Å²) >= 11 is 0. The molecular formula is C33H6F11N7. The van der Waals surface area contributed by atoms with E-state index in [4.69, 9.17) is 10.5 Å². The molecule has 250 valence electrons. The van der Waals surface area contributed by atoms with E-state index in [9.17, 15) is 57.0 Å². The Labute approximate surface area is 278 Å². The molecule has 0 amide bonds. The van der Waals surface area contributed by atoms with E-state index in [0.717, 1.165) is 24.3 Å². The largest absolute Gasteiger partial charge is 0.417 e. The van der Waals surface area contributed by atoms with Crippen LogP contribution in [0.5, 0.6) is 0 Å². The average Bonchev–Trinajstić information content (AvgIpc) is 3.10. The van der Waals surface area contributed by atoms with Gasteiger partial charge in [0, 0.05) is 5.56 Å². The molecule has 0 aliphatic carbocycles. The van der Waals surface area contributed by atoms with Gasteiger partial charge >= 0.3 is 6.18 Å². The third kappa shape index (κ3) is 6.40. The maximum Gasteiger partial charge on any atom is 0.417 e. The van der Waals surface area contributed by atoms with E-state index in [1.807, 2.05) is 0 Å². The molecular weight excluding hydrogens is 703 g/mol. The molecule has 0 aromatic heterocycles. The zero-order valence-electron chi connectivity index (χ0n) is 24.5. The molecule has 0 atom stereocenters. The Kier molecular flexibility index (Phi) is 10.7. The van der Waals surface area contributed by atoms with Crippen LogP contribution in [0.4, 0.5) is 48.3 Å². The Balaban J connectivity index is 2.82. The van der Waals surface area contributed by atoms with Crippen LogP contribution in [0.2, 0.25) is 0 Å². The maximum absolute atomic E-state index is 15.3. The highest BCUT2D eigenvalue weighted by atomic mass is 19.4. The molecule has 3 aromatic carbocycles. The topological polar surface area (TPSA) is 167 Å². The molecule has 0 heterocycles. The highest BCUT2D eigenvalue weighted by Crippen LogP contribution is 2.42. The minimum absolute atomic E-state index is 0.0481. The van der Waals surface area contributed by atoms with E-state index in [2.05, 4.69) is 0 Å². The summed E-state index contributed by atoms with van der Waals surface area (Å²) in [7, 11) is 0. The van der Waals surface area contributed by atoms with E-state index >= 15 is 17.6 Å². The third-order valence-electron chi connectivity index (χ3n) is 6.89. The fourth-order valence-corrected chi connectivity index (χ4v) is 4.59. The number of halogens is 11. The zero-order valence-corrected chi connectivity index (χ0v) is 24.5. The zero-order chi connectivity index (χ0) is 38.7. The van der Waals surface area contributed by atoms with Crippen molar-refractivity contribution in [2.24, 2.45) is 0 Å². The molecule has 0 aliphatic rings. The van der Waals surface area contributed by atoms with Gasteiger partial charge in [0.05, 0.1) is 62.7 Å². The SMILES string of the molecule is CC(=C(C#N)c1c(C#N)cc(C#N)cc1C(F)(F)F)C(/C=C(\C#N)c1c(F)c(F)c(C#N)c(F)c1F)=C(\C#N)c1c(F)c(F)c(C#N)c(F)c1F. The molecule has 0 aliphatic heterocycles. The van der Waals surface area contributed by atoms with Crippen molar-refractivity contribution in [3.8, 4) is 42.5 Å². The summed E-state index contributed by atoms with van der Waals surface area (Å²) in [5.41, 5.74) is -20.2. The van der Waals surface area contributed by atoms with Gasteiger partial charge < -0.3 is 0 Å². The number of allylic oxidation sites excluding steroid dienone is 6. The Hall–Kier alpha value is -7.46. The molecule has 0 N–H and O–H groups in total. The van der Waals surface area contributed by atoms with E-state index in [-0.39, 0.29) is 12.1 Å². The number of benzene rings is 3. The highest BCUT2D eigenvalue weighted by molar-refractivity contribution is 5.95. The summed E-state index contributed by atoms with van der Waals surface area (Å²) in [6, 6.07) is 8.18. The van der Waals surface area contributed by atoms with Crippen molar-refractivity contribution < 1.29 is 48.3 Å². The Morgan fingerprint density at radius 1 is 0.549 bits per heavy atom. The Morgan fingerprint density at radius 3 is 1.35 bits per heavy atom. The minimum Gasteiger partial charge on any atom is -0.203 e. The lowest BCUT2D eigenvalue weighted by atomic mass is 9.85. The van der Waals surface area contributed by atoms with Gasteiger partial charge in [-0.05, 0) is 36.3 Å². The first-order chi connectivity index (χ1) is 23.9. The predicted molar refractivity (Wildman–Crippen MR) is 147 cm³/mol. The third-order valence-corrected chi connectivity index (χ3v) is 6.89. The van der Waals surface area contributed by atoms with Crippen LogP contribution < -0.4 is 0 Å². The molecule has 0 spiro atoms. The molecule has 0 saturated carbocycles. The standard InChI is InChI=1S/C33H6F11N7/c1-12(17(8-48)22-14(6-46)2-13(5-45)3-21(22)33(42,43)44)16(18(9-49)24-31(40)27(36)20(11-51)28(37)32(24)41)4-15(7-47)23-29(38)25(34)19(10-50)26(35)30(23)39/h2-4H,1H3/b15-4+,17-12?,18-16+. The van der Waals surface area contributed by atoms with Crippen molar-refractivity contribution in [3.63, 3.8) is 0 Å². The fourth-order valence-electron chi connectivity index (χ4n) is 4.59. The second-order valence-electron chi connectivity index (χ2n) is 9.59. The number of nitrogens with zero attached hydrogens (tertiary/aromatic N) is 7. The lowest BCUT2D eigenvalue weighted by Crippen LogP contribution is -2.12. The van der Waals surface area contributed by atoms with Crippen molar-refractivity contribution in [1.82, 2.24) is 0 Å². The number of rotatable bonds is 5. The normalized spacial score (nSPS) is 12.1. The van der Waals surface area contributed by atoms with Crippen LogP contribution >= 0.6 is 0 Å². The summed E-state index contributed by atoms with van der Waals surface area (Å²) in [5.74, 6) is -19.6. The van der Waals surface area contributed by atoms with Gasteiger partial charge in [-0.15, -0.1) is 0 Å². The van der Waals surface area contributed by atoms with Gasteiger partial charge in [-0.1, -0.05) is 0 Å². The summed E-state index contributed by atoms with van der Waals surface area (Å²) in [6.07, 6.45) is -5.54. The van der Waals surface area contributed by atoms with Gasteiger partial charge in [-0.25, -0.2) is 35.1 Å². The molecule has 0 bridgehead atoms. The smallest absolute Gasteiger partial charge is 0.203 e. The first kappa shape index (κ1) is 38.0. The maximum atomic E-state index is 15.3. The van der Waals surface area contributed by atoms with Gasteiger partial charge in [0.1, 0.15) is 35.4 Å². The lowest BCUT2D eigenvalue weighted by Gasteiger charge is -2.18. The Morgan fingerprint density at radius 2 is 1.00 bits per heavy atom. The van der Waals surface area contributed by atoms with Crippen LogP contribution in [-0.2, 0) is 6.18 Å². The molecule has 7 nitrogen and oxygen atoms in total. The van der Waals surface area contributed by atoms with E-state index in [1.54, 1.807) is 0 Å². The number of hydrogen-bond donors (Lipinski definition) is 0. The first-order valence-corrected chi connectivity index (χ1v) is 12.9. The minimum atomic E-state index is -5.49. The first-order valence-electron chi connectivity index (χ1n) is 12.9. The number of alkyl halides is 3. The summed E-state index contributed by atoms with van der Waals surface area (Å²) in [5, 5.41) is 66.5. The quantitative estimate of drug-likeness (QED) is 0.111. The molecule has 3 aromatic rings. The molecule has 0 fully saturated rings. The van der Waals surface area contributed by atoms with Gasteiger partial charge in [0.2, 0.25) is 0 Å². The second kappa shape index (κ2) is 14.3. The molecule has 0 unspecified atom stereocenters. The molecule has 3 rings (SSSR count). The van der Waals surface area contributed by atoms with Crippen molar-refractivity contribution in [2.45, 2.75) is 13.1 Å². The van der Waals surface area contributed by atoms with Crippen molar-refractivity contribution in [1.29, 1.82) is 36.8 Å². The average molecular weight is 709 g/mol. The molecule has 0 saturated heterocycles. The van der Waals surface area contributed by atoms with Crippen molar-refractivity contribution in [3.05, 3.63) is 120 Å². The van der Waals surface area contributed by atoms with Crippen LogP contribution in [0.1, 0.15) is 51.4 Å². The van der Waals surface area contributed by atoms with E-state index in [0.29, 0.717) is 13.0 Å². The van der Waals surface area contributed by atoms with Gasteiger partial charge in [0.25, 0.3) is 0 Å². The van der Waals surface area contributed by atoms with Crippen molar-refractivity contribution in [2.75, 3.05) is 0 Å². The lowest BCUT2D eigenvalue weighted by molar-refractivity contribution is -0.137. The van der Waals surface area contributed by atoms with Crippen LogP contribution in [0.15, 0.2) is 29.4 Å². The molecule has 0 radical (unpaired) electrons. The monoisotopic (exact) mass is 709 g/mol. The van der Waals surface area contributed by atoms with Gasteiger partial charge in [-0.2, -0.15) is 50.0 Å². The Bertz CT molecular complexity index is 2420. The second-order valence-corrected chi connectivity index (χ2v) is 9.59. The summed E-state index contributed by atoms with van der Waals surface area (Å²) < 4.78 is 162. The van der Waals surface area contributed by atoms with Gasteiger partial charge in [-0.3, -0.25) is 0 Å². The van der Waals surface area contributed by atoms with Crippen LogP contribution in [0.3, 0.4) is 0 Å². The predicted octanol–water partition coefficient (Wildman–Crippen LogP) is 8.19. The van der Waals surface area contributed by atoms with Gasteiger partial charge in [0.15, 0.2) is 46.5 Å². The summed E-state index contributed by atoms with van der Waals surface area (Å²) in [4.78, 5) is 0. The number of nitriles is 7. The van der Waals surface area contributed by atoms with Crippen LogP contribution in [-0.4, -0.2) is 0 Å². The van der Waals surface area contributed by atoms with Crippen molar-refractivity contribution >= 4 is 16.7 Å². The molecule has 51 heavy (non-hydrogen) atoms. The van der Waals surface area contributed by atoms with Crippen LogP contribution in [0.25, 0.3) is 16.7 Å². The highest BCUT2D eigenvalue weighted by Gasteiger charge is 2.38. The van der Waals surface area contributed by atoms with Crippen LogP contribution in [0, 0.1) is 126 Å².